The van der Waals surface area contributed by atoms with Crippen molar-refractivity contribution in [1.29, 1.82) is 0 Å². The van der Waals surface area contributed by atoms with Gasteiger partial charge in [-0.3, -0.25) is 33.7 Å². The fraction of sp³-hybridized carbons (Fsp3) is 0.581. The first kappa shape index (κ1) is 52.6. The molecule has 2 aromatic rings. The third-order valence-electron chi connectivity index (χ3n) is 12.1. The van der Waals surface area contributed by atoms with Gasteiger partial charge in [-0.05, 0) is 29.6 Å². The van der Waals surface area contributed by atoms with Crippen molar-refractivity contribution in [2.45, 2.75) is 141 Å². The second-order valence-corrected chi connectivity index (χ2v) is 23.2. The number of amides is 2. The first-order chi connectivity index (χ1) is 30.3. The molecule has 0 radical (unpaired) electrons. The first-order valence-electron chi connectivity index (χ1n) is 20.6. The fourth-order valence-electron chi connectivity index (χ4n) is 7.67. The van der Waals surface area contributed by atoms with Crippen LogP contribution in [0.25, 0.3) is 0 Å². The van der Waals surface area contributed by atoms with E-state index in [0.717, 1.165) is 33.3 Å². The van der Waals surface area contributed by atoms with Gasteiger partial charge in [0.1, 0.15) is 37.1 Å². The number of imide groups is 1. The lowest BCUT2D eigenvalue weighted by molar-refractivity contribution is -0.349. The fourth-order valence-corrected chi connectivity index (χ4v) is 11.2. The summed E-state index contributed by atoms with van der Waals surface area (Å²) in [6.45, 7) is 15.3. The van der Waals surface area contributed by atoms with Gasteiger partial charge in [0.2, 0.25) is 0 Å². The third-order valence-corrected chi connectivity index (χ3v) is 18.4. The van der Waals surface area contributed by atoms with E-state index in [1.807, 2.05) is 71.1 Å². The lowest BCUT2D eigenvalue weighted by Crippen LogP contribution is -2.70. The minimum absolute atomic E-state index is 0.0507. The van der Waals surface area contributed by atoms with Crippen LogP contribution in [0.2, 0.25) is 38.2 Å². The predicted molar refractivity (Wildman–Crippen MR) is 236 cm³/mol. The quantitative estimate of drug-likeness (QED) is 0.0464. The lowest BCUT2D eigenvalue weighted by atomic mass is 9.94. The van der Waals surface area contributed by atoms with Crippen molar-refractivity contribution in [1.82, 2.24) is 4.90 Å². The molecule has 3 aliphatic rings. The minimum atomic E-state index is -3.02. The molecule has 0 aromatic heterocycles. The molecule has 3 aliphatic heterocycles. The van der Waals surface area contributed by atoms with Crippen molar-refractivity contribution in [2.75, 3.05) is 13.2 Å². The molecule has 2 fully saturated rings. The minimum Gasteiger partial charge on any atom is -0.463 e. The summed E-state index contributed by atoms with van der Waals surface area (Å²) >= 11 is 25.9. The third kappa shape index (κ3) is 11.3. The van der Waals surface area contributed by atoms with Crippen LogP contribution < -0.4 is 0 Å². The molecule has 0 saturated carbocycles. The molecule has 0 spiro atoms. The van der Waals surface area contributed by atoms with Crippen LogP contribution >= 0.6 is 46.4 Å². The molecule has 5 rings (SSSR count). The van der Waals surface area contributed by atoms with Crippen LogP contribution in [-0.2, 0) is 68.1 Å². The van der Waals surface area contributed by atoms with Crippen molar-refractivity contribution >= 4 is 90.4 Å². The molecule has 1 N–H and O–H groups in total. The number of benzene rings is 2. The number of halogens is 4. The SMILES string of the molecule is CC(=O)OC[C@H]1O[C@@H](O[C@H]2[C@H](O)[C@@H](N3C(=O)c4c(Cl)c(Cl)c(Cl)c(Cl)c4C3=O)[C@H](O[Si](C)(C)C(C)(C)C(C)C)O[C@@H]2COCc2ccccc2)[C@H](OC(C)=O)[C@@H](OC(C)=O)[C@H]1OC(C)=O. The number of esters is 4. The molecule has 2 amide bonds. The molecule has 10 atom stereocenters. The summed E-state index contributed by atoms with van der Waals surface area (Å²) in [5, 5.41) is 11.1. The van der Waals surface area contributed by atoms with E-state index in [-0.39, 0.29) is 50.3 Å². The molecular formula is C43H53Cl4NO16Si. The Bertz CT molecular complexity index is 2100. The average Bonchev–Trinajstić information content (AvgIpc) is 3.47. The van der Waals surface area contributed by atoms with Gasteiger partial charge in [0.15, 0.2) is 39.2 Å². The number of ether oxygens (including phenoxy) is 8. The highest BCUT2D eigenvalue weighted by Crippen LogP contribution is 2.49. The van der Waals surface area contributed by atoms with E-state index in [0.29, 0.717) is 4.90 Å². The van der Waals surface area contributed by atoms with Gasteiger partial charge in [-0.25, -0.2) is 0 Å². The molecule has 65 heavy (non-hydrogen) atoms. The zero-order chi connectivity index (χ0) is 48.5. The van der Waals surface area contributed by atoms with Gasteiger partial charge in [0.25, 0.3) is 11.8 Å². The van der Waals surface area contributed by atoms with Crippen LogP contribution in [-0.4, -0.2) is 129 Å². The number of nitrogens with zero attached hydrogens (tertiary/aromatic N) is 1. The van der Waals surface area contributed by atoms with Crippen molar-refractivity contribution in [3.8, 4) is 0 Å². The van der Waals surface area contributed by atoms with E-state index >= 15 is 0 Å². The Hall–Kier alpha value is -3.40. The summed E-state index contributed by atoms with van der Waals surface area (Å²) in [5.41, 5.74) is 0.00808. The number of fused-ring (bicyclic) bond motifs is 1. The molecule has 0 unspecified atom stereocenters. The number of aliphatic hydroxyl groups excluding tert-OH is 1. The Labute approximate surface area is 397 Å². The number of aliphatic hydroxyl groups is 1. The average molecular weight is 1010 g/mol. The molecule has 22 heteroatoms. The van der Waals surface area contributed by atoms with Crippen LogP contribution in [0.1, 0.15) is 81.7 Å². The predicted octanol–water partition coefficient (Wildman–Crippen LogP) is 6.69. The van der Waals surface area contributed by atoms with E-state index in [9.17, 15) is 33.9 Å². The van der Waals surface area contributed by atoms with Crippen molar-refractivity contribution in [3.63, 3.8) is 0 Å². The second-order valence-electron chi connectivity index (χ2n) is 17.2. The Morgan fingerprint density at radius 1 is 0.723 bits per heavy atom. The molecule has 2 saturated heterocycles. The highest BCUT2D eigenvalue weighted by Gasteiger charge is 2.60. The van der Waals surface area contributed by atoms with Gasteiger partial charge in [-0.1, -0.05) is 104 Å². The molecule has 0 bridgehead atoms. The number of carbonyl (C=O) groups excluding carboxylic acids is 6. The van der Waals surface area contributed by atoms with Gasteiger partial charge in [-0.2, -0.15) is 0 Å². The molecule has 3 heterocycles. The monoisotopic (exact) mass is 1010 g/mol. The zero-order valence-electron chi connectivity index (χ0n) is 37.4. The Morgan fingerprint density at radius 2 is 1.22 bits per heavy atom. The van der Waals surface area contributed by atoms with E-state index in [4.69, 9.17) is 88.7 Å². The van der Waals surface area contributed by atoms with Crippen LogP contribution in [0.3, 0.4) is 0 Å². The van der Waals surface area contributed by atoms with Crippen LogP contribution in [0.4, 0.5) is 0 Å². The summed E-state index contributed by atoms with van der Waals surface area (Å²) in [7, 11) is -3.02. The van der Waals surface area contributed by atoms with Crippen molar-refractivity contribution < 1.29 is 76.2 Å². The van der Waals surface area contributed by atoms with E-state index in [1.54, 1.807) is 0 Å². The molecular weight excluding hydrogens is 956 g/mol. The van der Waals surface area contributed by atoms with Gasteiger partial charge in [0, 0.05) is 27.7 Å². The molecule has 17 nitrogen and oxygen atoms in total. The van der Waals surface area contributed by atoms with Crippen LogP contribution in [0.5, 0.6) is 0 Å². The maximum Gasteiger partial charge on any atom is 0.303 e. The number of rotatable bonds is 16. The Balaban J connectivity index is 1.68. The summed E-state index contributed by atoms with van der Waals surface area (Å²) in [6.07, 6.45) is -14.8. The normalized spacial score (nSPS) is 27.0. The number of carbonyl (C=O) groups is 6. The maximum atomic E-state index is 14.6. The smallest absolute Gasteiger partial charge is 0.303 e. The van der Waals surface area contributed by atoms with Gasteiger partial charge >= 0.3 is 23.9 Å². The zero-order valence-corrected chi connectivity index (χ0v) is 41.4. The molecule has 0 aliphatic carbocycles. The summed E-state index contributed by atoms with van der Waals surface area (Å²) in [6, 6.07) is 7.35. The first-order valence-corrected chi connectivity index (χ1v) is 25.0. The topological polar surface area (TPSA) is 209 Å². The highest BCUT2D eigenvalue weighted by molar-refractivity contribution is 6.74. The number of hydrogen-bond donors (Lipinski definition) is 1. The Morgan fingerprint density at radius 3 is 1.72 bits per heavy atom. The van der Waals surface area contributed by atoms with Gasteiger partial charge in [0.05, 0.1) is 44.4 Å². The summed E-state index contributed by atoms with van der Waals surface area (Å²) < 4.78 is 54.6. The van der Waals surface area contributed by atoms with Crippen molar-refractivity contribution in [2.24, 2.45) is 5.92 Å². The summed E-state index contributed by atoms with van der Waals surface area (Å²) in [5.74, 6) is -5.43. The Kier molecular flexibility index (Phi) is 17.2. The number of hydrogen-bond acceptors (Lipinski definition) is 16. The maximum absolute atomic E-state index is 14.6. The largest absolute Gasteiger partial charge is 0.463 e. The second kappa shape index (κ2) is 21.3. The van der Waals surface area contributed by atoms with Crippen LogP contribution in [0.15, 0.2) is 30.3 Å². The molecule has 2 aromatic carbocycles. The van der Waals surface area contributed by atoms with E-state index in [2.05, 4.69) is 0 Å². The van der Waals surface area contributed by atoms with E-state index < -0.39 is 117 Å². The van der Waals surface area contributed by atoms with E-state index in [1.165, 1.54) is 0 Å². The van der Waals surface area contributed by atoms with Gasteiger partial charge in [-0.15, -0.1) is 0 Å². The van der Waals surface area contributed by atoms with Crippen LogP contribution in [0, 0.1) is 5.92 Å². The van der Waals surface area contributed by atoms with Crippen molar-refractivity contribution in [3.05, 3.63) is 67.1 Å². The molecule has 358 valence electrons. The lowest BCUT2D eigenvalue weighted by Gasteiger charge is -2.52. The highest BCUT2D eigenvalue weighted by atomic mass is 35.5. The van der Waals surface area contributed by atoms with Gasteiger partial charge < -0.3 is 47.4 Å². The summed E-state index contributed by atoms with van der Waals surface area (Å²) in [4.78, 5) is 79.7. The standard InChI is InChI=1S/C43H53Cl4NO16Si/c1-19(2)43(7,8)65(9,10)64-41-33(48-39(54)27-28(40(48)55)30(45)32(47)31(46)29(27)44)34(53)35(25(61-41)17-56-16-24-14-12-11-13-15-24)63-42-38(60-23(6)52)37(59-22(5)51)36(58-21(4)50)26(62-42)18-57-20(3)49/h11-15,19,25-26,33-38,41-42,53H,16-18H2,1-10H3/t25-,26-,33-,34-,35-,36+,37+,38-,41+,42+/m1/s1.